The van der Waals surface area contributed by atoms with Gasteiger partial charge in [0.25, 0.3) is 0 Å². The monoisotopic (exact) mass is 559 g/mol. The van der Waals surface area contributed by atoms with Gasteiger partial charge >= 0.3 is 6.03 Å². The molecule has 2 aliphatic rings. The topological polar surface area (TPSA) is 81.1 Å². The Labute approximate surface area is 232 Å². The zero-order chi connectivity index (χ0) is 26.5. The summed E-state index contributed by atoms with van der Waals surface area (Å²) in [5.74, 6) is -0.342. The number of benzene rings is 2. The van der Waals surface area contributed by atoms with Crippen molar-refractivity contribution >= 4 is 34.9 Å². The van der Waals surface area contributed by atoms with E-state index in [1.165, 1.54) is 0 Å². The van der Waals surface area contributed by atoms with Crippen LogP contribution in [0.4, 0.5) is 10.5 Å². The molecule has 1 aromatic heterocycles. The van der Waals surface area contributed by atoms with Crippen LogP contribution in [0.3, 0.4) is 0 Å². The SMILES string of the molecule is CCNC(=O)N1CCN(c2ccc(OC[C@@H]3CO[C@@](Cn4ccnc4)(c4ccc(Cl)cc4Cl)O3)cc2)CC1. The second kappa shape index (κ2) is 11.8. The highest BCUT2D eigenvalue weighted by Gasteiger charge is 2.45. The standard InChI is InChI=1S/C27H31Cl2N5O4/c1-2-31-26(35)34-13-11-33(12-14-34)21-4-6-22(7-5-21)36-16-23-17-37-27(38-23,18-32-10-9-30-19-32)24-8-3-20(28)15-25(24)29/h3-10,15,19,23H,2,11-14,16-18H2,1H3,(H,31,35)/t23-,27-/m1/s1. The molecule has 2 atom stereocenters. The molecule has 2 fully saturated rings. The summed E-state index contributed by atoms with van der Waals surface area (Å²) in [6, 6.07) is 13.3. The number of piperazine rings is 1. The lowest BCUT2D eigenvalue weighted by molar-refractivity contribution is -0.189. The summed E-state index contributed by atoms with van der Waals surface area (Å²) >= 11 is 12.7. The average molecular weight is 560 g/mol. The van der Waals surface area contributed by atoms with Gasteiger partial charge in [-0.1, -0.05) is 29.3 Å². The van der Waals surface area contributed by atoms with Gasteiger partial charge in [-0.25, -0.2) is 9.78 Å². The number of amides is 2. The smallest absolute Gasteiger partial charge is 0.317 e. The second-order valence-corrected chi connectivity index (χ2v) is 10.1. The van der Waals surface area contributed by atoms with Gasteiger partial charge in [0.15, 0.2) is 0 Å². The molecule has 3 heterocycles. The van der Waals surface area contributed by atoms with Crippen molar-refractivity contribution in [3.63, 3.8) is 0 Å². The van der Waals surface area contributed by atoms with E-state index >= 15 is 0 Å². The molecule has 0 spiro atoms. The second-order valence-electron chi connectivity index (χ2n) is 9.28. The number of halogens is 2. The number of ether oxygens (including phenoxy) is 3. The Hall–Kier alpha value is -2.98. The molecular weight excluding hydrogens is 529 g/mol. The summed E-state index contributed by atoms with van der Waals surface area (Å²) in [5.41, 5.74) is 1.81. The fourth-order valence-electron chi connectivity index (χ4n) is 4.75. The highest BCUT2D eigenvalue weighted by Crippen LogP contribution is 2.40. The minimum Gasteiger partial charge on any atom is -0.491 e. The molecular formula is C27H31Cl2N5O4. The molecule has 0 unspecified atom stereocenters. The van der Waals surface area contributed by atoms with Gasteiger partial charge in [0, 0.05) is 61.4 Å². The maximum Gasteiger partial charge on any atom is 0.317 e. The number of hydrogen-bond donors (Lipinski definition) is 1. The Morgan fingerprint density at radius 2 is 1.95 bits per heavy atom. The first kappa shape index (κ1) is 26.6. The van der Waals surface area contributed by atoms with Gasteiger partial charge in [0.1, 0.15) is 18.5 Å². The lowest BCUT2D eigenvalue weighted by Gasteiger charge is -2.36. The number of hydrogen-bond acceptors (Lipinski definition) is 6. The van der Waals surface area contributed by atoms with E-state index in [4.69, 9.17) is 37.4 Å². The molecule has 9 nitrogen and oxygen atoms in total. The first-order chi connectivity index (χ1) is 18.5. The molecule has 3 aromatic rings. The number of rotatable bonds is 8. The maximum absolute atomic E-state index is 12.0. The van der Waals surface area contributed by atoms with E-state index in [9.17, 15) is 4.79 Å². The van der Waals surface area contributed by atoms with E-state index < -0.39 is 5.79 Å². The van der Waals surface area contributed by atoms with Crippen LogP contribution >= 0.6 is 23.2 Å². The lowest BCUT2D eigenvalue weighted by Crippen LogP contribution is -2.51. The predicted molar refractivity (Wildman–Crippen MR) is 146 cm³/mol. The molecule has 202 valence electrons. The third kappa shape index (κ3) is 6.02. The molecule has 2 aromatic carbocycles. The van der Waals surface area contributed by atoms with Crippen LogP contribution in [0.2, 0.25) is 10.0 Å². The normalized spacial score (nSPS) is 21.5. The van der Waals surface area contributed by atoms with Crippen molar-refractivity contribution in [3.8, 4) is 5.75 Å². The van der Waals surface area contributed by atoms with Gasteiger partial charge < -0.3 is 33.9 Å². The van der Waals surface area contributed by atoms with E-state index in [1.54, 1.807) is 24.7 Å². The van der Waals surface area contributed by atoms with Gasteiger partial charge in [-0.05, 0) is 43.3 Å². The zero-order valence-corrected chi connectivity index (χ0v) is 22.7. The first-order valence-corrected chi connectivity index (χ1v) is 13.4. The molecule has 0 aliphatic carbocycles. The minimum absolute atomic E-state index is 0.00129. The molecule has 11 heteroatoms. The highest BCUT2D eigenvalue weighted by atomic mass is 35.5. The van der Waals surface area contributed by atoms with Crippen molar-refractivity contribution in [2.24, 2.45) is 0 Å². The largest absolute Gasteiger partial charge is 0.491 e. The van der Waals surface area contributed by atoms with Crippen LogP contribution in [0.15, 0.2) is 61.2 Å². The quantitative estimate of drug-likeness (QED) is 0.441. The van der Waals surface area contributed by atoms with Crippen LogP contribution in [0, 0.1) is 0 Å². The van der Waals surface area contributed by atoms with Crippen LogP contribution in [0.25, 0.3) is 0 Å². The Morgan fingerprint density at radius 3 is 2.63 bits per heavy atom. The fraction of sp³-hybridized carbons (Fsp3) is 0.407. The average Bonchev–Trinajstić information content (AvgIpc) is 3.59. The predicted octanol–water partition coefficient (Wildman–Crippen LogP) is 4.39. The van der Waals surface area contributed by atoms with Crippen LogP contribution < -0.4 is 15.0 Å². The number of nitrogens with one attached hydrogen (secondary N) is 1. The number of imidazole rings is 1. The molecule has 2 amide bonds. The molecule has 2 aliphatic heterocycles. The van der Waals surface area contributed by atoms with E-state index in [0.29, 0.717) is 55.0 Å². The summed E-state index contributed by atoms with van der Waals surface area (Å²) < 4.78 is 20.6. The van der Waals surface area contributed by atoms with Gasteiger partial charge in [0.2, 0.25) is 5.79 Å². The third-order valence-corrected chi connectivity index (χ3v) is 7.23. The Morgan fingerprint density at radius 1 is 1.16 bits per heavy atom. The summed E-state index contributed by atoms with van der Waals surface area (Å²) in [6.07, 6.45) is 4.97. The number of carbonyl (C=O) groups excluding carboxylic acids is 1. The zero-order valence-electron chi connectivity index (χ0n) is 21.2. The van der Waals surface area contributed by atoms with E-state index in [0.717, 1.165) is 24.5 Å². The van der Waals surface area contributed by atoms with Crippen LogP contribution in [-0.4, -0.2) is 72.5 Å². The number of carbonyl (C=O) groups is 1. The van der Waals surface area contributed by atoms with Crippen molar-refractivity contribution in [3.05, 3.63) is 76.8 Å². The highest BCUT2D eigenvalue weighted by molar-refractivity contribution is 6.35. The Balaban J connectivity index is 1.19. The number of aromatic nitrogens is 2. The first-order valence-electron chi connectivity index (χ1n) is 12.7. The number of urea groups is 1. The molecule has 5 rings (SSSR count). The molecule has 0 radical (unpaired) electrons. The van der Waals surface area contributed by atoms with Crippen LogP contribution in [0.1, 0.15) is 12.5 Å². The maximum atomic E-state index is 12.0. The van der Waals surface area contributed by atoms with Gasteiger partial charge in [-0.2, -0.15) is 0 Å². The van der Waals surface area contributed by atoms with Crippen molar-refractivity contribution < 1.29 is 19.0 Å². The summed E-state index contributed by atoms with van der Waals surface area (Å²) in [6.45, 7) is 6.59. The van der Waals surface area contributed by atoms with E-state index in [-0.39, 0.29) is 12.1 Å². The lowest BCUT2D eigenvalue weighted by atomic mass is 10.1. The Bertz CT molecular complexity index is 1220. The van der Waals surface area contributed by atoms with Gasteiger partial charge in [0.05, 0.1) is 24.5 Å². The van der Waals surface area contributed by atoms with E-state index in [2.05, 4.69) is 15.2 Å². The van der Waals surface area contributed by atoms with E-state index in [1.807, 2.05) is 52.9 Å². The van der Waals surface area contributed by atoms with Crippen molar-refractivity contribution in [1.82, 2.24) is 19.8 Å². The Kier molecular flexibility index (Phi) is 8.28. The molecule has 0 saturated carbocycles. The van der Waals surface area contributed by atoms with Crippen LogP contribution in [-0.2, 0) is 21.8 Å². The van der Waals surface area contributed by atoms with Crippen molar-refractivity contribution in [2.75, 3.05) is 50.8 Å². The minimum atomic E-state index is -1.09. The molecule has 0 bridgehead atoms. The van der Waals surface area contributed by atoms with Gasteiger partial charge in [-0.3, -0.25) is 0 Å². The number of nitrogens with zero attached hydrogens (tertiary/aromatic N) is 4. The summed E-state index contributed by atoms with van der Waals surface area (Å²) in [7, 11) is 0. The third-order valence-electron chi connectivity index (χ3n) is 6.68. The molecule has 2 saturated heterocycles. The molecule has 1 N–H and O–H groups in total. The fourth-order valence-corrected chi connectivity index (χ4v) is 5.30. The van der Waals surface area contributed by atoms with Crippen molar-refractivity contribution in [1.29, 1.82) is 0 Å². The van der Waals surface area contributed by atoms with Gasteiger partial charge in [-0.15, -0.1) is 0 Å². The summed E-state index contributed by atoms with van der Waals surface area (Å²) in [5, 5.41) is 3.88. The number of anilines is 1. The van der Waals surface area contributed by atoms with Crippen LogP contribution in [0.5, 0.6) is 5.75 Å². The van der Waals surface area contributed by atoms with Crippen molar-refractivity contribution in [2.45, 2.75) is 25.4 Å². The summed E-state index contributed by atoms with van der Waals surface area (Å²) in [4.78, 5) is 20.3. The molecule has 38 heavy (non-hydrogen) atoms.